The monoisotopic (exact) mass is 557 g/mol. The Labute approximate surface area is 227 Å². The standard InChI is InChI=1S/C28H31NO9S/c1-3-15-36-28(31)26-17-20(24-19-37-25-7-5-4-6-23(24)25)18-27(38-26)35-16-13-29(12-14-30)39(32,33)22-10-8-21(34-2)9-11-22/h3-11,17,19-20,27,30H,1,12-16,18H2,2H3. The van der Waals surface area contributed by atoms with Crippen molar-refractivity contribution in [1.29, 1.82) is 0 Å². The van der Waals surface area contributed by atoms with E-state index in [1.807, 2.05) is 24.3 Å². The molecule has 2 unspecified atom stereocenters. The average molecular weight is 558 g/mol. The maximum absolute atomic E-state index is 13.2. The minimum atomic E-state index is -3.91. The molecule has 0 saturated heterocycles. The molecule has 1 N–H and O–H groups in total. The van der Waals surface area contributed by atoms with Crippen LogP contribution in [0, 0.1) is 0 Å². The van der Waals surface area contributed by atoms with E-state index in [-0.39, 0.29) is 49.5 Å². The van der Waals surface area contributed by atoms with Crippen molar-refractivity contribution in [1.82, 2.24) is 4.31 Å². The van der Waals surface area contributed by atoms with Crippen LogP contribution in [0.25, 0.3) is 11.0 Å². The Kier molecular flexibility index (Phi) is 9.41. The second-order valence-corrected chi connectivity index (χ2v) is 10.6. The molecule has 0 radical (unpaired) electrons. The number of methoxy groups -OCH3 is 1. The minimum Gasteiger partial charge on any atom is -0.497 e. The molecule has 11 heteroatoms. The number of allylic oxidation sites excluding steroid dienone is 1. The number of furan rings is 1. The van der Waals surface area contributed by atoms with Gasteiger partial charge in [-0.3, -0.25) is 0 Å². The van der Waals surface area contributed by atoms with Gasteiger partial charge >= 0.3 is 5.97 Å². The fourth-order valence-electron chi connectivity index (χ4n) is 4.26. The number of aliphatic hydroxyl groups excluding tert-OH is 1. The van der Waals surface area contributed by atoms with Gasteiger partial charge in [-0.25, -0.2) is 13.2 Å². The molecule has 3 aromatic rings. The maximum atomic E-state index is 13.2. The molecular formula is C28H31NO9S. The molecule has 0 saturated carbocycles. The zero-order chi connectivity index (χ0) is 27.8. The lowest BCUT2D eigenvalue weighted by molar-refractivity contribution is -0.160. The predicted molar refractivity (Wildman–Crippen MR) is 142 cm³/mol. The summed E-state index contributed by atoms with van der Waals surface area (Å²) < 4.78 is 55.1. The van der Waals surface area contributed by atoms with E-state index in [0.717, 1.165) is 15.3 Å². The summed E-state index contributed by atoms with van der Waals surface area (Å²) in [6.45, 7) is 2.99. The predicted octanol–water partition coefficient (Wildman–Crippen LogP) is 3.58. The first-order chi connectivity index (χ1) is 18.9. The van der Waals surface area contributed by atoms with E-state index in [0.29, 0.717) is 17.8 Å². The van der Waals surface area contributed by atoms with Gasteiger partial charge in [0.2, 0.25) is 22.1 Å². The topological polar surface area (TPSA) is 125 Å². The number of carbonyl (C=O) groups is 1. The number of carbonyl (C=O) groups excluding carboxylic acids is 1. The van der Waals surface area contributed by atoms with Crippen LogP contribution in [-0.2, 0) is 29.0 Å². The van der Waals surface area contributed by atoms with Gasteiger partial charge in [0, 0.05) is 36.4 Å². The van der Waals surface area contributed by atoms with Gasteiger partial charge in [-0.15, -0.1) is 0 Å². The zero-order valence-electron chi connectivity index (χ0n) is 21.5. The Morgan fingerprint density at radius 3 is 2.67 bits per heavy atom. The lowest BCUT2D eigenvalue weighted by Gasteiger charge is -2.29. The lowest BCUT2D eigenvalue weighted by atomic mass is 9.92. The molecule has 10 nitrogen and oxygen atoms in total. The van der Waals surface area contributed by atoms with E-state index in [2.05, 4.69) is 6.58 Å². The number of rotatable bonds is 13. The van der Waals surface area contributed by atoms with Crippen molar-refractivity contribution in [3.63, 3.8) is 0 Å². The Balaban J connectivity index is 1.49. The van der Waals surface area contributed by atoms with Gasteiger partial charge in [0.1, 0.15) is 17.9 Å². The van der Waals surface area contributed by atoms with Gasteiger partial charge in [0.15, 0.2) is 0 Å². The van der Waals surface area contributed by atoms with Gasteiger partial charge in [-0.1, -0.05) is 30.9 Å². The summed E-state index contributed by atoms with van der Waals surface area (Å²) in [4.78, 5) is 12.7. The van der Waals surface area contributed by atoms with E-state index in [9.17, 15) is 18.3 Å². The number of hydrogen-bond donors (Lipinski definition) is 1. The molecule has 1 aromatic heterocycles. The normalized spacial score (nSPS) is 17.5. The molecule has 0 amide bonds. The first kappa shape index (κ1) is 28.4. The Morgan fingerprint density at radius 2 is 1.95 bits per heavy atom. The van der Waals surface area contributed by atoms with E-state index < -0.39 is 22.3 Å². The number of para-hydroxylation sites is 1. The molecule has 0 fully saturated rings. The Morgan fingerprint density at radius 1 is 1.18 bits per heavy atom. The molecule has 208 valence electrons. The molecule has 0 aliphatic carbocycles. The molecule has 2 heterocycles. The van der Waals surface area contributed by atoms with Crippen LogP contribution in [0.5, 0.6) is 5.75 Å². The van der Waals surface area contributed by atoms with Crippen LogP contribution >= 0.6 is 0 Å². The summed E-state index contributed by atoms with van der Waals surface area (Å²) in [5.74, 6) is -0.433. The second kappa shape index (κ2) is 12.9. The molecule has 39 heavy (non-hydrogen) atoms. The third-order valence-corrected chi connectivity index (χ3v) is 8.11. The number of aliphatic hydroxyl groups is 1. The largest absolute Gasteiger partial charge is 0.497 e. The molecule has 1 aliphatic rings. The smallest absolute Gasteiger partial charge is 0.373 e. The second-order valence-electron chi connectivity index (χ2n) is 8.67. The minimum absolute atomic E-state index is 0.0125. The van der Waals surface area contributed by atoms with Crippen molar-refractivity contribution >= 4 is 27.0 Å². The van der Waals surface area contributed by atoms with Gasteiger partial charge in [0.05, 0.1) is 31.5 Å². The van der Waals surface area contributed by atoms with E-state index in [1.165, 1.54) is 25.3 Å². The number of nitrogens with zero attached hydrogens (tertiary/aromatic N) is 1. The molecule has 0 bridgehead atoms. The highest BCUT2D eigenvalue weighted by Crippen LogP contribution is 2.36. The highest BCUT2D eigenvalue weighted by molar-refractivity contribution is 7.89. The molecule has 2 aromatic carbocycles. The van der Waals surface area contributed by atoms with Gasteiger partial charge in [0.25, 0.3) is 0 Å². The van der Waals surface area contributed by atoms with Crippen molar-refractivity contribution in [2.24, 2.45) is 0 Å². The number of ether oxygens (including phenoxy) is 4. The number of fused-ring (bicyclic) bond motifs is 1. The quantitative estimate of drug-likeness (QED) is 0.248. The number of benzene rings is 2. The fraction of sp³-hybridized carbons (Fsp3) is 0.321. The molecule has 4 rings (SSSR count). The van der Waals surface area contributed by atoms with E-state index in [4.69, 9.17) is 23.4 Å². The highest BCUT2D eigenvalue weighted by Gasteiger charge is 2.32. The first-order valence-electron chi connectivity index (χ1n) is 12.4. The van der Waals surface area contributed by atoms with Gasteiger partial charge in [-0.05, 0) is 36.4 Å². The third kappa shape index (κ3) is 6.69. The van der Waals surface area contributed by atoms with Crippen molar-refractivity contribution in [2.45, 2.75) is 23.5 Å². The summed E-state index contributed by atoms with van der Waals surface area (Å²) in [6.07, 6.45) is 4.27. The Bertz CT molecular complexity index is 1410. The lowest BCUT2D eigenvalue weighted by Crippen LogP contribution is -2.37. The van der Waals surface area contributed by atoms with Crippen LogP contribution in [0.3, 0.4) is 0 Å². The maximum Gasteiger partial charge on any atom is 0.373 e. The molecule has 1 aliphatic heterocycles. The van der Waals surface area contributed by atoms with E-state index >= 15 is 0 Å². The summed E-state index contributed by atoms with van der Waals surface area (Å²) in [5.41, 5.74) is 1.57. The average Bonchev–Trinajstić information content (AvgIpc) is 3.39. The number of hydrogen-bond acceptors (Lipinski definition) is 9. The summed E-state index contributed by atoms with van der Waals surface area (Å²) >= 11 is 0. The summed E-state index contributed by atoms with van der Waals surface area (Å²) in [7, 11) is -2.41. The van der Waals surface area contributed by atoms with Gasteiger partial charge < -0.3 is 28.5 Å². The summed E-state index contributed by atoms with van der Waals surface area (Å²) in [6, 6.07) is 13.5. The molecule has 0 spiro atoms. The van der Waals surface area contributed by atoms with Crippen LogP contribution < -0.4 is 4.74 Å². The van der Waals surface area contributed by atoms with Crippen LogP contribution in [0.4, 0.5) is 0 Å². The van der Waals surface area contributed by atoms with Crippen LogP contribution in [-0.4, -0.2) is 70.1 Å². The number of esters is 1. The van der Waals surface area contributed by atoms with Crippen molar-refractivity contribution in [3.8, 4) is 5.75 Å². The van der Waals surface area contributed by atoms with Crippen molar-refractivity contribution in [2.75, 3.05) is 40.0 Å². The molecular weight excluding hydrogens is 526 g/mol. The van der Waals surface area contributed by atoms with Crippen LogP contribution in [0.2, 0.25) is 0 Å². The van der Waals surface area contributed by atoms with Gasteiger partial charge in [-0.2, -0.15) is 4.31 Å². The third-order valence-electron chi connectivity index (χ3n) is 6.19. The number of sulfonamides is 1. The molecule has 2 atom stereocenters. The summed E-state index contributed by atoms with van der Waals surface area (Å²) in [5, 5.41) is 10.4. The van der Waals surface area contributed by atoms with Crippen molar-refractivity contribution in [3.05, 3.63) is 84.8 Å². The highest BCUT2D eigenvalue weighted by atomic mass is 32.2. The Hall–Kier alpha value is -3.64. The van der Waals surface area contributed by atoms with Crippen LogP contribution in [0.15, 0.2) is 88.6 Å². The first-order valence-corrected chi connectivity index (χ1v) is 13.8. The SMILES string of the molecule is C=CCOC(=O)C1=CC(c2coc3ccccc23)CC(OCCN(CCO)S(=O)(=O)c2ccc(OC)cc2)O1. The van der Waals surface area contributed by atoms with E-state index in [1.54, 1.807) is 24.5 Å². The van der Waals surface area contributed by atoms with Crippen LogP contribution in [0.1, 0.15) is 17.9 Å². The zero-order valence-corrected chi connectivity index (χ0v) is 22.3. The fourth-order valence-corrected chi connectivity index (χ4v) is 5.67. The van der Waals surface area contributed by atoms with Crippen molar-refractivity contribution < 1.29 is 41.7 Å².